The zero-order valence-electron chi connectivity index (χ0n) is 14.4. The van der Waals surface area contributed by atoms with Crippen molar-refractivity contribution in [3.63, 3.8) is 0 Å². The first kappa shape index (κ1) is 19.1. The summed E-state index contributed by atoms with van der Waals surface area (Å²) >= 11 is 7.23. The molecule has 28 heavy (non-hydrogen) atoms. The second kappa shape index (κ2) is 7.31. The fourth-order valence-corrected chi connectivity index (χ4v) is 5.74. The number of nitrogens with one attached hydrogen (secondary N) is 1. The molecule has 10 heteroatoms. The second-order valence-corrected chi connectivity index (χ2v) is 10.1. The van der Waals surface area contributed by atoms with Gasteiger partial charge in [0.25, 0.3) is 5.91 Å². The Bertz CT molecular complexity index is 1140. The smallest absolute Gasteiger partial charge is 0.276 e. The first-order valence-corrected chi connectivity index (χ1v) is 11.5. The van der Waals surface area contributed by atoms with Gasteiger partial charge in [-0.2, -0.15) is 5.10 Å². The maximum absolute atomic E-state index is 13.3. The normalized spacial score (nSPS) is 18.3. The highest BCUT2D eigenvalue weighted by Crippen LogP contribution is 2.32. The van der Waals surface area contributed by atoms with Crippen LogP contribution < -0.4 is 5.32 Å². The fourth-order valence-electron chi connectivity index (χ4n) is 3.13. The lowest BCUT2D eigenvalue weighted by atomic mass is 10.2. The van der Waals surface area contributed by atoms with E-state index in [4.69, 9.17) is 11.6 Å². The lowest BCUT2D eigenvalue weighted by molar-refractivity contribution is 0.102. The van der Waals surface area contributed by atoms with E-state index in [-0.39, 0.29) is 28.3 Å². The molecule has 0 radical (unpaired) electrons. The van der Waals surface area contributed by atoms with Crippen molar-refractivity contribution in [1.82, 2.24) is 9.78 Å². The molecule has 0 bridgehead atoms. The molecule has 1 saturated heterocycles. The highest BCUT2D eigenvalue weighted by Gasteiger charge is 2.32. The molecule has 4 rings (SSSR count). The molecule has 1 amide bonds. The van der Waals surface area contributed by atoms with Gasteiger partial charge in [0.2, 0.25) is 0 Å². The molecule has 0 saturated carbocycles. The summed E-state index contributed by atoms with van der Waals surface area (Å²) in [5, 5.41) is 8.83. The number of carbonyl (C=O) groups is 1. The van der Waals surface area contributed by atoms with Crippen LogP contribution in [0.25, 0.3) is 10.6 Å². The molecule has 1 aromatic carbocycles. The SMILES string of the molecule is O=C(Nc1ccc(F)c(Cl)c1)c1cc(-c2cccs2)n(C2CCS(=O)(=O)C2)n1. The van der Waals surface area contributed by atoms with Gasteiger partial charge in [-0.1, -0.05) is 17.7 Å². The van der Waals surface area contributed by atoms with Gasteiger partial charge in [0.05, 0.1) is 33.1 Å². The monoisotopic (exact) mass is 439 g/mol. The van der Waals surface area contributed by atoms with Crippen molar-refractivity contribution in [2.24, 2.45) is 0 Å². The number of carbonyl (C=O) groups excluding carboxylic acids is 1. The van der Waals surface area contributed by atoms with Gasteiger partial charge in [-0.05, 0) is 42.1 Å². The summed E-state index contributed by atoms with van der Waals surface area (Å²) in [4.78, 5) is 13.5. The Morgan fingerprint density at radius 1 is 1.32 bits per heavy atom. The van der Waals surface area contributed by atoms with E-state index in [2.05, 4.69) is 10.4 Å². The van der Waals surface area contributed by atoms with Crippen LogP contribution in [-0.2, 0) is 9.84 Å². The molecule has 6 nitrogen and oxygen atoms in total. The fraction of sp³-hybridized carbons (Fsp3) is 0.222. The van der Waals surface area contributed by atoms with Gasteiger partial charge in [0.1, 0.15) is 5.82 Å². The third kappa shape index (κ3) is 3.82. The molecule has 0 spiro atoms. The number of rotatable bonds is 4. The minimum atomic E-state index is -3.11. The van der Waals surface area contributed by atoms with Crippen LogP contribution in [0.4, 0.5) is 10.1 Å². The lowest BCUT2D eigenvalue weighted by Gasteiger charge is -2.12. The minimum Gasteiger partial charge on any atom is -0.321 e. The molecule has 1 aliphatic heterocycles. The van der Waals surface area contributed by atoms with Crippen molar-refractivity contribution in [3.05, 3.63) is 58.3 Å². The number of anilines is 1. The first-order chi connectivity index (χ1) is 13.3. The van der Waals surface area contributed by atoms with E-state index >= 15 is 0 Å². The third-order valence-corrected chi connectivity index (χ3v) is 7.41. The molecule has 1 unspecified atom stereocenters. The van der Waals surface area contributed by atoms with Crippen LogP contribution in [0.2, 0.25) is 5.02 Å². The largest absolute Gasteiger partial charge is 0.321 e. The highest BCUT2D eigenvalue weighted by atomic mass is 35.5. The van der Waals surface area contributed by atoms with Crippen LogP contribution in [0.15, 0.2) is 41.8 Å². The summed E-state index contributed by atoms with van der Waals surface area (Å²) in [5.74, 6) is -0.954. The first-order valence-electron chi connectivity index (χ1n) is 8.43. The molecule has 1 aliphatic rings. The molecule has 1 fully saturated rings. The zero-order chi connectivity index (χ0) is 19.9. The lowest BCUT2D eigenvalue weighted by Crippen LogP contribution is -2.16. The molecule has 3 aromatic rings. The zero-order valence-corrected chi connectivity index (χ0v) is 16.8. The average Bonchev–Trinajstić information content (AvgIpc) is 3.36. The molecular weight excluding hydrogens is 425 g/mol. The Morgan fingerprint density at radius 3 is 2.79 bits per heavy atom. The quantitative estimate of drug-likeness (QED) is 0.665. The van der Waals surface area contributed by atoms with Crippen LogP contribution in [-0.4, -0.2) is 35.6 Å². The van der Waals surface area contributed by atoms with E-state index in [1.807, 2.05) is 17.5 Å². The van der Waals surface area contributed by atoms with Crippen molar-refractivity contribution in [3.8, 4) is 10.6 Å². The number of halogens is 2. The van der Waals surface area contributed by atoms with E-state index in [1.54, 1.807) is 10.7 Å². The van der Waals surface area contributed by atoms with Gasteiger partial charge in [0, 0.05) is 5.69 Å². The summed E-state index contributed by atoms with van der Waals surface area (Å²) in [6.07, 6.45) is 0.455. The van der Waals surface area contributed by atoms with E-state index < -0.39 is 21.6 Å². The molecule has 2 aromatic heterocycles. The Kier molecular flexibility index (Phi) is 4.98. The van der Waals surface area contributed by atoms with Crippen molar-refractivity contribution < 1.29 is 17.6 Å². The summed E-state index contributed by atoms with van der Waals surface area (Å²) in [5.41, 5.74) is 1.18. The molecule has 1 atom stereocenters. The van der Waals surface area contributed by atoms with Gasteiger partial charge >= 0.3 is 0 Å². The van der Waals surface area contributed by atoms with Gasteiger partial charge in [-0.3, -0.25) is 9.48 Å². The van der Waals surface area contributed by atoms with Crippen molar-refractivity contribution >= 4 is 44.4 Å². The van der Waals surface area contributed by atoms with Crippen LogP contribution in [0.1, 0.15) is 23.0 Å². The number of nitrogens with zero attached hydrogens (tertiary/aromatic N) is 2. The highest BCUT2D eigenvalue weighted by molar-refractivity contribution is 7.91. The molecule has 146 valence electrons. The molecule has 1 N–H and O–H groups in total. The van der Waals surface area contributed by atoms with E-state index in [0.29, 0.717) is 17.8 Å². The Morgan fingerprint density at radius 2 is 2.14 bits per heavy atom. The van der Waals surface area contributed by atoms with E-state index in [1.165, 1.54) is 23.5 Å². The summed E-state index contributed by atoms with van der Waals surface area (Å²) < 4.78 is 38.7. The Labute approximate surface area is 169 Å². The van der Waals surface area contributed by atoms with Crippen LogP contribution in [0.3, 0.4) is 0 Å². The van der Waals surface area contributed by atoms with Crippen LogP contribution in [0, 0.1) is 5.82 Å². The number of benzene rings is 1. The molecule has 3 heterocycles. The third-order valence-electron chi connectivity index (χ3n) is 4.47. The molecular formula is C18H15ClFN3O3S2. The van der Waals surface area contributed by atoms with Gasteiger partial charge in [0.15, 0.2) is 15.5 Å². The minimum absolute atomic E-state index is 0.00167. The maximum Gasteiger partial charge on any atom is 0.276 e. The predicted octanol–water partition coefficient (Wildman–Crippen LogP) is 4.02. The second-order valence-electron chi connectivity index (χ2n) is 6.48. The van der Waals surface area contributed by atoms with E-state index in [9.17, 15) is 17.6 Å². The Hall–Kier alpha value is -2.23. The topological polar surface area (TPSA) is 81.1 Å². The number of thiophene rings is 1. The summed E-state index contributed by atoms with van der Waals surface area (Å²) in [6, 6.07) is 8.97. The average molecular weight is 440 g/mol. The number of amides is 1. The van der Waals surface area contributed by atoms with Crippen molar-refractivity contribution in [1.29, 1.82) is 0 Å². The van der Waals surface area contributed by atoms with Crippen molar-refractivity contribution in [2.45, 2.75) is 12.5 Å². The summed E-state index contributed by atoms with van der Waals surface area (Å²) in [6.45, 7) is 0. The standard InChI is InChI=1S/C18H15ClFN3O3S2/c19-13-8-11(3-4-14(13)20)21-18(24)15-9-16(17-2-1-6-27-17)23(22-15)12-5-7-28(25,26)10-12/h1-4,6,8-9,12H,5,7,10H2,(H,21,24). The molecule has 0 aliphatic carbocycles. The predicted molar refractivity (Wildman–Crippen MR) is 107 cm³/mol. The van der Waals surface area contributed by atoms with Gasteiger partial charge < -0.3 is 5.32 Å². The van der Waals surface area contributed by atoms with Crippen molar-refractivity contribution in [2.75, 3.05) is 16.8 Å². The summed E-state index contributed by atoms with van der Waals surface area (Å²) in [7, 11) is -3.11. The van der Waals surface area contributed by atoms with Crippen LogP contribution >= 0.6 is 22.9 Å². The van der Waals surface area contributed by atoms with Gasteiger partial charge in [-0.15, -0.1) is 11.3 Å². The maximum atomic E-state index is 13.3. The Balaban J connectivity index is 1.67. The van der Waals surface area contributed by atoms with E-state index in [0.717, 1.165) is 10.9 Å². The number of hydrogen-bond donors (Lipinski definition) is 1. The van der Waals surface area contributed by atoms with Gasteiger partial charge in [-0.25, -0.2) is 12.8 Å². The van der Waals surface area contributed by atoms with Crippen LogP contribution in [0.5, 0.6) is 0 Å². The number of aromatic nitrogens is 2. The number of sulfone groups is 1. The number of hydrogen-bond acceptors (Lipinski definition) is 5.